The van der Waals surface area contributed by atoms with E-state index in [1.54, 1.807) is 6.92 Å². The number of aromatic nitrogens is 3. The molecule has 0 aliphatic carbocycles. The van der Waals surface area contributed by atoms with Gasteiger partial charge in [-0.1, -0.05) is 31.2 Å². The molecular formula is C16H20N4O3. The summed E-state index contributed by atoms with van der Waals surface area (Å²) in [6.45, 7) is 6.16. The summed E-state index contributed by atoms with van der Waals surface area (Å²) in [5.74, 6) is -0.359. The Hall–Kier alpha value is -2.70. The predicted octanol–water partition coefficient (Wildman–Crippen LogP) is 2.22. The van der Waals surface area contributed by atoms with Crippen molar-refractivity contribution in [3.8, 4) is 0 Å². The molecule has 0 aliphatic rings. The fraction of sp³-hybridized carbons (Fsp3) is 0.375. The lowest BCUT2D eigenvalue weighted by atomic mass is 10.0. The molecule has 2 aromatic rings. The van der Waals surface area contributed by atoms with Crippen LogP contribution < -0.4 is 5.32 Å². The van der Waals surface area contributed by atoms with Crippen LogP contribution in [0.3, 0.4) is 0 Å². The van der Waals surface area contributed by atoms with Crippen LogP contribution in [0, 0.1) is 0 Å². The van der Waals surface area contributed by atoms with E-state index in [4.69, 9.17) is 4.74 Å². The summed E-state index contributed by atoms with van der Waals surface area (Å²) in [6, 6.07) is 7.68. The molecule has 7 nitrogen and oxygen atoms in total. The number of nitrogens with zero attached hydrogens (tertiary/aromatic N) is 3. The first-order valence-corrected chi connectivity index (χ1v) is 7.46. The van der Waals surface area contributed by atoms with Crippen LogP contribution in [0.15, 0.2) is 30.5 Å². The van der Waals surface area contributed by atoms with Crippen molar-refractivity contribution in [2.45, 2.75) is 33.2 Å². The maximum Gasteiger partial charge on any atom is 0.360 e. The van der Waals surface area contributed by atoms with Gasteiger partial charge in [0.25, 0.3) is 0 Å². The third kappa shape index (κ3) is 4.64. The Labute approximate surface area is 134 Å². The highest BCUT2D eigenvalue weighted by atomic mass is 16.5. The molecular weight excluding hydrogens is 296 g/mol. The van der Waals surface area contributed by atoms with Gasteiger partial charge in [0.15, 0.2) is 5.69 Å². The third-order valence-corrected chi connectivity index (χ3v) is 3.19. The summed E-state index contributed by atoms with van der Waals surface area (Å²) in [4.78, 5) is 23.5. The number of rotatable bonds is 6. The van der Waals surface area contributed by atoms with Crippen molar-refractivity contribution in [1.29, 1.82) is 0 Å². The lowest BCUT2D eigenvalue weighted by Crippen LogP contribution is -2.19. The maximum absolute atomic E-state index is 12.0. The summed E-state index contributed by atoms with van der Waals surface area (Å²) in [5.41, 5.74) is 2.00. The zero-order valence-corrected chi connectivity index (χ0v) is 13.4. The van der Waals surface area contributed by atoms with Gasteiger partial charge in [-0.05, 0) is 30.5 Å². The summed E-state index contributed by atoms with van der Waals surface area (Å²) in [5, 5.41) is 10.2. The standard InChI is InChI=1S/C16H20N4O3/c1-4-23-16(22)14-9-20(19-18-14)10-15(21)17-13-7-5-12(6-8-13)11(2)3/h5-9,11H,4,10H2,1-3H3,(H,17,21). The Kier molecular flexibility index (Phi) is 5.46. The van der Waals surface area contributed by atoms with Gasteiger partial charge in [0.1, 0.15) is 6.54 Å². The number of carbonyl (C=O) groups is 2. The number of nitrogens with one attached hydrogen (secondary N) is 1. The number of benzene rings is 1. The van der Waals surface area contributed by atoms with Gasteiger partial charge in [-0.3, -0.25) is 4.79 Å². The van der Waals surface area contributed by atoms with Crippen LogP contribution in [0.25, 0.3) is 0 Å². The molecule has 1 aromatic heterocycles. The Morgan fingerprint density at radius 2 is 1.96 bits per heavy atom. The Morgan fingerprint density at radius 3 is 2.57 bits per heavy atom. The molecule has 2 rings (SSSR count). The van der Waals surface area contributed by atoms with Crippen molar-refractivity contribution in [3.63, 3.8) is 0 Å². The van der Waals surface area contributed by atoms with Gasteiger partial charge in [-0.15, -0.1) is 5.10 Å². The van der Waals surface area contributed by atoms with Crippen LogP contribution >= 0.6 is 0 Å². The SMILES string of the molecule is CCOC(=O)c1cn(CC(=O)Nc2ccc(C(C)C)cc2)nn1. The second-order valence-corrected chi connectivity index (χ2v) is 5.35. The highest BCUT2D eigenvalue weighted by Crippen LogP contribution is 2.17. The zero-order chi connectivity index (χ0) is 16.8. The van der Waals surface area contributed by atoms with E-state index in [9.17, 15) is 9.59 Å². The summed E-state index contributed by atoms with van der Waals surface area (Å²) in [7, 11) is 0. The summed E-state index contributed by atoms with van der Waals surface area (Å²) >= 11 is 0. The van der Waals surface area contributed by atoms with E-state index in [2.05, 4.69) is 29.5 Å². The number of ether oxygens (including phenoxy) is 1. The maximum atomic E-state index is 12.0. The number of hydrogen-bond donors (Lipinski definition) is 1. The molecule has 0 aliphatic heterocycles. The van der Waals surface area contributed by atoms with E-state index in [-0.39, 0.29) is 24.8 Å². The first kappa shape index (κ1) is 16.7. The minimum Gasteiger partial charge on any atom is -0.461 e. The minimum atomic E-state index is -0.552. The van der Waals surface area contributed by atoms with Gasteiger partial charge >= 0.3 is 5.97 Å². The second kappa shape index (κ2) is 7.53. The summed E-state index contributed by atoms with van der Waals surface area (Å²) in [6.07, 6.45) is 1.39. The molecule has 0 saturated carbocycles. The number of anilines is 1. The molecule has 122 valence electrons. The Morgan fingerprint density at radius 1 is 1.26 bits per heavy atom. The Balaban J connectivity index is 1.93. The summed E-state index contributed by atoms with van der Waals surface area (Å²) < 4.78 is 6.11. The lowest BCUT2D eigenvalue weighted by molar-refractivity contribution is -0.116. The van der Waals surface area contributed by atoms with Crippen molar-refractivity contribution in [1.82, 2.24) is 15.0 Å². The van der Waals surface area contributed by atoms with E-state index >= 15 is 0 Å². The van der Waals surface area contributed by atoms with Crippen molar-refractivity contribution < 1.29 is 14.3 Å². The molecule has 0 atom stereocenters. The molecule has 1 aromatic carbocycles. The molecule has 1 N–H and O–H groups in total. The molecule has 0 radical (unpaired) electrons. The number of hydrogen-bond acceptors (Lipinski definition) is 5. The first-order valence-electron chi connectivity index (χ1n) is 7.46. The van der Waals surface area contributed by atoms with Crippen molar-refractivity contribution in [2.75, 3.05) is 11.9 Å². The van der Waals surface area contributed by atoms with Gasteiger partial charge in [0, 0.05) is 5.69 Å². The minimum absolute atomic E-state index is 0.0294. The normalized spacial score (nSPS) is 10.6. The van der Waals surface area contributed by atoms with E-state index in [1.165, 1.54) is 16.4 Å². The van der Waals surface area contributed by atoms with Crippen LogP contribution in [0.5, 0.6) is 0 Å². The number of esters is 1. The van der Waals surface area contributed by atoms with E-state index in [0.29, 0.717) is 11.6 Å². The fourth-order valence-corrected chi connectivity index (χ4v) is 1.97. The highest BCUT2D eigenvalue weighted by Gasteiger charge is 2.13. The highest BCUT2D eigenvalue weighted by molar-refractivity contribution is 5.90. The fourth-order valence-electron chi connectivity index (χ4n) is 1.97. The number of amides is 1. The molecule has 0 spiro atoms. The van der Waals surface area contributed by atoms with E-state index < -0.39 is 5.97 Å². The van der Waals surface area contributed by atoms with Crippen molar-refractivity contribution in [3.05, 3.63) is 41.7 Å². The quantitative estimate of drug-likeness (QED) is 0.826. The molecule has 0 bridgehead atoms. The average molecular weight is 316 g/mol. The number of carbonyl (C=O) groups excluding carboxylic acids is 2. The van der Waals surface area contributed by atoms with Gasteiger partial charge in [-0.2, -0.15) is 0 Å². The molecule has 1 amide bonds. The van der Waals surface area contributed by atoms with Crippen LogP contribution in [-0.4, -0.2) is 33.5 Å². The van der Waals surface area contributed by atoms with Gasteiger partial charge < -0.3 is 10.1 Å². The van der Waals surface area contributed by atoms with Gasteiger partial charge in [0.05, 0.1) is 12.8 Å². The molecule has 23 heavy (non-hydrogen) atoms. The molecule has 0 unspecified atom stereocenters. The largest absolute Gasteiger partial charge is 0.461 e. The van der Waals surface area contributed by atoms with Crippen LogP contribution in [0.4, 0.5) is 5.69 Å². The predicted molar refractivity (Wildman–Crippen MR) is 85.1 cm³/mol. The first-order chi connectivity index (χ1) is 11.0. The monoisotopic (exact) mass is 316 g/mol. The van der Waals surface area contributed by atoms with Gasteiger partial charge in [0.2, 0.25) is 5.91 Å². The topological polar surface area (TPSA) is 86.1 Å². The third-order valence-electron chi connectivity index (χ3n) is 3.19. The van der Waals surface area contributed by atoms with Crippen LogP contribution in [0.1, 0.15) is 42.7 Å². The lowest BCUT2D eigenvalue weighted by Gasteiger charge is -2.08. The van der Waals surface area contributed by atoms with E-state index in [1.807, 2.05) is 24.3 Å². The smallest absolute Gasteiger partial charge is 0.360 e. The molecule has 0 fully saturated rings. The van der Waals surface area contributed by atoms with Crippen LogP contribution in [-0.2, 0) is 16.1 Å². The van der Waals surface area contributed by atoms with Gasteiger partial charge in [-0.25, -0.2) is 9.48 Å². The van der Waals surface area contributed by atoms with Crippen molar-refractivity contribution >= 4 is 17.6 Å². The Bertz CT molecular complexity index is 677. The second-order valence-electron chi connectivity index (χ2n) is 5.35. The van der Waals surface area contributed by atoms with Crippen LogP contribution in [0.2, 0.25) is 0 Å². The van der Waals surface area contributed by atoms with E-state index in [0.717, 1.165) is 0 Å². The molecule has 7 heteroatoms. The average Bonchev–Trinajstić information content (AvgIpc) is 2.96. The molecule has 1 heterocycles. The molecule has 0 saturated heterocycles. The zero-order valence-electron chi connectivity index (χ0n) is 13.4. The van der Waals surface area contributed by atoms with Crippen molar-refractivity contribution in [2.24, 2.45) is 0 Å².